The molecule has 0 aliphatic carbocycles. The van der Waals surface area contributed by atoms with Gasteiger partial charge < -0.3 is 4.84 Å². The summed E-state index contributed by atoms with van der Waals surface area (Å²) in [6, 6.07) is 7.90. The molecule has 1 aromatic heterocycles. The van der Waals surface area contributed by atoms with Crippen molar-refractivity contribution in [3.63, 3.8) is 0 Å². The number of aromatic nitrogens is 2. The minimum atomic E-state index is -4.86. The van der Waals surface area contributed by atoms with Crippen molar-refractivity contribution in [3.05, 3.63) is 86.7 Å². The van der Waals surface area contributed by atoms with Gasteiger partial charge in [0, 0.05) is 45.9 Å². The van der Waals surface area contributed by atoms with Crippen LogP contribution in [-0.2, 0) is 15.2 Å². The van der Waals surface area contributed by atoms with Crippen molar-refractivity contribution in [1.82, 2.24) is 9.97 Å². The molecule has 0 spiro atoms. The number of hydrogen-bond acceptors (Lipinski definition) is 6. The number of hydrogen-bond donors (Lipinski definition) is 0. The Morgan fingerprint density at radius 2 is 1.73 bits per heavy atom. The number of nitrogens with zero attached hydrogens (tertiary/aromatic N) is 4. The van der Waals surface area contributed by atoms with E-state index in [1.54, 1.807) is 20.8 Å². The molecule has 0 bridgehead atoms. The summed E-state index contributed by atoms with van der Waals surface area (Å²) in [4.78, 5) is 40.5. The minimum absolute atomic E-state index is 0.00107. The lowest BCUT2D eigenvalue weighted by Crippen LogP contribution is -2.42. The van der Waals surface area contributed by atoms with Crippen LogP contribution in [-0.4, -0.2) is 33.7 Å². The van der Waals surface area contributed by atoms with Gasteiger partial charge in [-0.2, -0.15) is 13.2 Å². The van der Waals surface area contributed by atoms with Crippen LogP contribution < -0.4 is 4.90 Å². The third kappa shape index (κ3) is 5.40. The summed E-state index contributed by atoms with van der Waals surface area (Å²) in [6.45, 7) is 4.82. The fourth-order valence-corrected chi connectivity index (χ4v) is 4.63. The van der Waals surface area contributed by atoms with E-state index in [4.69, 9.17) is 34.5 Å². The second-order valence-corrected chi connectivity index (χ2v) is 10.2. The van der Waals surface area contributed by atoms with Crippen LogP contribution in [0.5, 0.6) is 0 Å². The van der Waals surface area contributed by atoms with E-state index in [0.29, 0.717) is 16.7 Å². The van der Waals surface area contributed by atoms with Crippen molar-refractivity contribution in [2.45, 2.75) is 39.0 Å². The summed E-state index contributed by atoms with van der Waals surface area (Å²) < 4.78 is 43.1. The predicted molar refractivity (Wildman–Crippen MR) is 144 cm³/mol. The van der Waals surface area contributed by atoms with E-state index in [2.05, 4.69) is 21.0 Å². The lowest BCUT2D eigenvalue weighted by molar-refractivity contribution is -0.275. The Bertz CT molecular complexity index is 1550. The molecule has 206 valence electrons. The number of alkyl halides is 3. The van der Waals surface area contributed by atoms with E-state index in [9.17, 15) is 22.8 Å². The van der Waals surface area contributed by atoms with Crippen LogP contribution in [0.4, 0.5) is 19.1 Å². The Kier molecular flexibility index (Phi) is 7.92. The van der Waals surface area contributed by atoms with Gasteiger partial charge in [-0.3, -0.25) is 9.59 Å². The smallest absolute Gasteiger partial charge is 0.374 e. The van der Waals surface area contributed by atoms with E-state index in [-0.39, 0.29) is 32.8 Å². The van der Waals surface area contributed by atoms with E-state index in [1.807, 2.05) is 0 Å². The molecule has 0 saturated heterocycles. The van der Waals surface area contributed by atoms with Gasteiger partial charge in [-0.05, 0) is 48.4 Å². The maximum absolute atomic E-state index is 14.4. The summed E-state index contributed by atoms with van der Waals surface area (Å²) in [6.07, 6.45) is 2.44. The van der Waals surface area contributed by atoms with E-state index in [0.717, 1.165) is 17.0 Å². The molecule has 0 fully saturated rings. The van der Waals surface area contributed by atoms with Crippen molar-refractivity contribution < 1.29 is 27.6 Å². The Morgan fingerprint density at radius 1 is 1.10 bits per heavy atom. The van der Waals surface area contributed by atoms with Gasteiger partial charge in [0.2, 0.25) is 11.9 Å². The fraction of sp³-hybridized carbons (Fsp3) is 0.250. The molecule has 7 nitrogen and oxygen atoms in total. The standard InChI is InChI=1S/C28H21Cl2F3N4O3/c1-5-17-13-34-26(35-14-17)37(24(38)15(2)3)25(39)22-7-6-18(8-16(22)4)23-12-27(40-36-23,28(31,32)33)19-9-20(29)11-21(30)10-19/h1,6-11,13-15H,12H2,2-4H3. The molecule has 1 aliphatic rings. The average Bonchev–Trinajstić information content (AvgIpc) is 3.36. The topological polar surface area (TPSA) is 84.8 Å². The molecule has 4 rings (SSSR count). The maximum atomic E-state index is 14.4. The highest BCUT2D eigenvalue weighted by Gasteiger charge is 2.62. The molecule has 2 heterocycles. The molecular formula is C28H21Cl2F3N4O3. The van der Waals surface area contributed by atoms with Crippen molar-refractivity contribution in [2.75, 3.05) is 4.90 Å². The van der Waals surface area contributed by atoms with Gasteiger partial charge in [0.15, 0.2) is 0 Å². The Balaban J connectivity index is 1.68. The van der Waals surface area contributed by atoms with Crippen molar-refractivity contribution in [1.29, 1.82) is 0 Å². The van der Waals surface area contributed by atoms with Crippen molar-refractivity contribution in [2.24, 2.45) is 11.1 Å². The third-order valence-corrected chi connectivity index (χ3v) is 6.66. The van der Waals surface area contributed by atoms with Gasteiger partial charge in [-0.25, -0.2) is 14.9 Å². The molecular weight excluding hydrogens is 568 g/mol. The number of carbonyl (C=O) groups is 2. The molecule has 1 unspecified atom stereocenters. The molecule has 12 heteroatoms. The number of aryl methyl sites for hydroxylation is 1. The van der Waals surface area contributed by atoms with Crippen LogP contribution in [0.15, 0.2) is 53.9 Å². The first-order valence-corrected chi connectivity index (χ1v) is 12.6. The number of benzene rings is 2. The van der Waals surface area contributed by atoms with Gasteiger partial charge in [0.05, 0.1) is 11.3 Å². The quantitative estimate of drug-likeness (QED) is 0.318. The Morgan fingerprint density at radius 3 is 2.25 bits per heavy atom. The number of rotatable bonds is 5. The predicted octanol–water partition coefficient (Wildman–Crippen LogP) is 6.48. The lowest BCUT2D eigenvalue weighted by Gasteiger charge is -2.29. The summed E-state index contributed by atoms with van der Waals surface area (Å²) in [5.41, 5.74) is -1.94. The van der Waals surface area contributed by atoms with Crippen LogP contribution in [0.25, 0.3) is 0 Å². The van der Waals surface area contributed by atoms with Crippen LogP contribution in [0, 0.1) is 25.2 Å². The van der Waals surface area contributed by atoms with Crippen LogP contribution >= 0.6 is 23.2 Å². The van der Waals surface area contributed by atoms with Crippen molar-refractivity contribution in [3.8, 4) is 12.3 Å². The zero-order valence-electron chi connectivity index (χ0n) is 21.4. The molecule has 0 N–H and O–H groups in total. The largest absolute Gasteiger partial charge is 0.435 e. The summed E-state index contributed by atoms with van der Waals surface area (Å²) in [7, 11) is 0. The zero-order valence-corrected chi connectivity index (χ0v) is 22.9. The first kappa shape index (κ1) is 29.1. The maximum Gasteiger partial charge on any atom is 0.435 e. The number of halogens is 5. The zero-order chi connectivity index (χ0) is 29.4. The number of carbonyl (C=O) groups excluding carboxylic acids is 2. The molecule has 2 aromatic carbocycles. The van der Waals surface area contributed by atoms with E-state index in [1.165, 1.54) is 36.7 Å². The number of imide groups is 1. The number of terminal acetylenes is 1. The summed E-state index contributed by atoms with van der Waals surface area (Å²) in [5.74, 6) is 0.374. The van der Waals surface area contributed by atoms with Crippen LogP contribution in [0.3, 0.4) is 0 Å². The molecule has 2 amide bonds. The van der Waals surface area contributed by atoms with Crippen LogP contribution in [0.2, 0.25) is 10.0 Å². The van der Waals surface area contributed by atoms with Gasteiger partial charge in [-0.1, -0.05) is 54.2 Å². The normalized spacial score (nSPS) is 16.8. The molecule has 0 radical (unpaired) electrons. The van der Waals surface area contributed by atoms with Gasteiger partial charge in [-0.15, -0.1) is 6.42 Å². The second-order valence-electron chi connectivity index (χ2n) is 9.37. The van der Waals surface area contributed by atoms with Gasteiger partial charge in [0.25, 0.3) is 11.5 Å². The number of oxime groups is 1. The SMILES string of the molecule is C#Cc1cnc(N(C(=O)c2ccc(C3=NOC(c4cc(Cl)cc(Cl)c4)(C(F)(F)F)C3)cc2C)C(=O)C(C)C)nc1. The fourth-order valence-electron chi connectivity index (χ4n) is 4.11. The highest BCUT2D eigenvalue weighted by atomic mass is 35.5. The minimum Gasteiger partial charge on any atom is -0.374 e. The third-order valence-electron chi connectivity index (χ3n) is 6.23. The van der Waals surface area contributed by atoms with Gasteiger partial charge >= 0.3 is 6.18 Å². The molecule has 1 atom stereocenters. The van der Waals surface area contributed by atoms with E-state index < -0.39 is 35.9 Å². The average molecular weight is 589 g/mol. The first-order valence-electron chi connectivity index (χ1n) is 11.8. The molecule has 40 heavy (non-hydrogen) atoms. The van der Waals surface area contributed by atoms with Crippen molar-refractivity contribution >= 4 is 46.7 Å². The molecule has 0 saturated carbocycles. The lowest BCUT2D eigenvalue weighted by atomic mass is 9.86. The molecule has 1 aliphatic heterocycles. The molecule has 3 aromatic rings. The summed E-state index contributed by atoms with van der Waals surface area (Å²) in [5, 5.41) is 3.78. The Labute approximate surface area is 238 Å². The second kappa shape index (κ2) is 10.9. The van der Waals surface area contributed by atoms with Crippen LogP contribution in [0.1, 0.15) is 52.9 Å². The van der Waals surface area contributed by atoms with E-state index >= 15 is 0 Å². The first-order chi connectivity index (χ1) is 18.8. The highest BCUT2D eigenvalue weighted by Crippen LogP contribution is 2.49. The summed E-state index contributed by atoms with van der Waals surface area (Å²) >= 11 is 11.9. The van der Waals surface area contributed by atoms with Gasteiger partial charge in [0.1, 0.15) is 0 Å². The monoisotopic (exact) mass is 588 g/mol. The number of amides is 2. The highest BCUT2D eigenvalue weighted by molar-refractivity contribution is 6.34. The Hall–Kier alpha value is -3.94. The number of anilines is 1.